The van der Waals surface area contributed by atoms with Crippen LogP contribution in [0.1, 0.15) is 26.3 Å². The molecule has 5 nitrogen and oxygen atoms in total. The van der Waals surface area contributed by atoms with Gasteiger partial charge >= 0.3 is 0 Å². The minimum atomic E-state index is -0.0849. The molecule has 2 rings (SSSR count). The van der Waals surface area contributed by atoms with E-state index in [-0.39, 0.29) is 23.0 Å². The molecule has 0 spiro atoms. The molecular formula is C18H26N2O3S. The molecule has 1 aromatic carbocycles. The zero-order valence-electron chi connectivity index (χ0n) is 14.6. The number of morpholine rings is 1. The van der Waals surface area contributed by atoms with E-state index in [1.54, 1.807) is 4.90 Å². The molecule has 0 atom stereocenters. The Hall–Kier alpha value is -1.53. The predicted octanol–water partition coefficient (Wildman–Crippen LogP) is 2.51. The highest BCUT2D eigenvalue weighted by molar-refractivity contribution is 8.00. The normalized spacial score (nSPS) is 15.2. The fourth-order valence-corrected chi connectivity index (χ4v) is 3.10. The van der Waals surface area contributed by atoms with Crippen LogP contribution in [0.5, 0.6) is 0 Å². The average molecular weight is 350 g/mol. The van der Waals surface area contributed by atoms with E-state index in [1.807, 2.05) is 24.3 Å². The number of ether oxygens (including phenoxy) is 1. The third-order valence-corrected chi connectivity index (χ3v) is 4.77. The standard InChI is InChI=1S/C18H26N2O3S/c1-18(2,3)14-4-6-15(7-5-14)19-16(21)12-24-13-17(22)20-8-10-23-11-9-20/h4-7H,8-13H2,1-3H3,(H,19,21). The van der Waals surface area contributed by atoms with E-state index in [1.165, 1.54) is 17.3 Å². The fraction of sp³-hybridized carbons (Fsp3) is 0.556. The van der Waals surface area contributed by atoms with Crippen molar-refractivity contribution in [2.45, 2.75) is 26.2 Å². The lowest BCUT2D eigenvalue weighted by molar-refractivity contribution is -0.132. The van der Waals surface area contributed by atoms with E-state index >= 15 is 0 Å². The Morgan fingerprint density at radius 3 is 2.33 bits per heavy atom. The van der Waals surface area contributed by atoms with Gasteiger partial charge in [-0.15, -0.1) is 11.8 Å². The maximum Gasteiger partial charge on any atom is 0.234 e. The molecule has 0 aromatic heterocycles. The van der Waals surface area contributed by atoms with Gasteiger partial charge in [-0.05, 0) is 23.1 Å². The lowest BCUT2D eigenvalue weighted by Crippen LogP contribution is -2.41. The van der Waals surface area contributed by atoms with Gasteiger partial charge in [0.25, 0.3) is 0 Å². The Balaban J connectivity index is 1.72. The first-order chi connectivity index (χ1) is 11.4. The maximum atomic E-state index is 12.0. The van der Waals surface area contributed by atoms with Crippen molar-refractivity contribution in [3.8, 4) is 0 Å². The Bertz CT molecular complexity index is 561. The number of benzene rings is 1. The number of anilines is 1. The van der Waals surface area contributed by atoms with Crippen LogP contribution in [0.4, 0.5) is 5.69 Å². The van der Waals surface area contributed by atoms with Gasteiger partial charge in [0.05, 0.1) is 24.7 Å². The lowest BCUT2D eigenvalue weighted by Gasteiger charge is -2.26. The molecule has 1 aliphatic heterocycles. The Morgan fingerprint density at radius 2 is 1.75 bits per heavy atom. The van der Waals surface area contributed by atoms with Crippen LogP contribution in [0.2, 0.25) is 0 Å². The van der Waals surface area contributed by atoms with Gasteiger partial charge in [-0.25, -0.2) is 0 Å². The number of nitrogens with zero attached hydrogens (tertiary/aromatic N) is 1. The second kappa shape index (κ2) is 8.53. The smallest absolute Gasteiger partial charge is 0.234 e. The van der Waals surface area contributed by atoms with Gasteiger partial charge in [-0.1, -0.05) is 32.9 Å². The summed E-state index contributed by atoms with van der Waals surface area (Å²) in [5, 5.41) is 2.87. The van der Waals surface area contributed by atoms with Gasteiger partial charge in [0, 0.05) is 18.8 Å². The molecule has 0 bridgehead atoms. The zero-order valence-corrected chi connectivity index (χ0v) is 15.4. The number of hydrogen-bond acceptors (Lipinski definition) is 4. The SMILES string of the molecule is CC(C)(C)c1ccc(NC(=O)CSCC(=O)N2CCOCC2)cc1. The third kappa shape index (κ3) is 5.83. The van der Waals surface area contributed by atoms with Crippen LogP contribution >= 0.6 is 11.8 Å². The molecule has 1 heterocycles. The van der Waals surface area contributed by atoms with Crippen LogP contribution in [0.15, 0.2) is 24.3 Å². The molecule has 1 N–H and O–H groups in total. The molecule has 24 heavy (non-hydrogen) atoms. The quantitative estimate of drug-likeness (QED) is 0.886. The number of carbonyl (C=O) groups excluding carboxylic acids is 2. The van der Waals surface area contributed by atoms with Crippen LogP contribution in [-0.4, -0.2) is 54.5 Å². The molecule has 0 aliphatic carbocycles. The summed E-state index contributed by atoms with van der Waals surface area (Å²) in [6, 6.07) is 7.90. The van der Waals surface area contributed by atoms with Crippen molar-refractivity contribution < 1.29 is 14.3 Å². The van der Waals surface area contributed by atoms with Crippen molar-refractivity contribution in [2.24, 2.45) is 0 Å². The largest absolute Gasteiger partial charge is 0.378 e. The summed E-state index contributed by atoms with van der Waals surface area (Å²) >= 11 is 1.35. The van der Waals surface area contributed by atoms with E-state index in [0.29, 0.717) is 32.1 Å². The third-order valence-electron chi connectivity index (χ3n) is 3.86. The predicted molar refractivity (Wildman–Crippen MR) is 98.5 cm³/mol. The molecule has 1 fully saturated rings. The molecule has 0 radical (unpaired) electrons. The van der Waals surface area contributed by atoms with Crippen LogP contribution < -0.4 is 5.32 Å². The van der Waals surface area contributed by atoms with Gasteiger partial charge in [-0.3, -0.25) is 9.59 Å². The van der Waals surface area contributed by atoms with E-state index < -0.39 is 0 Å². The monoisotopic (exact) mass is 350 g/mol. The maximum absolute atomic E-state index is 12.0. The van der Waals surface area contributed by atoms with E-state index in [9.17, 15) is 9.59 Å². The van der Waals surface area contributed by atoms with Crippen molar-refractivity contribution in [3.05, 3.63) is 29.8 Å². The van der Waals surface area contributed by atoms with Crippen molar-refractivity contribution in [2.75, 3.05) is 43.1 Å². The Labute approximate surface area is 148 Å². The van der Waals surface area contributed by atoms with E-state index in [0.717, 1.165) is 5.69 Å². The highest BCUT2D eigenvalue weighted by atomic mass is 32.2. The van der Waals surface area contributed by atoms with Crippen molar-refractivity contribution in [1.82, 2.24) is 4.90 Å². The second-order valence-corrected chi connectivity index (χ2v) is 7.85. The summed E-state index contributed by atoms with van der Waals surface area (Å²) in [6.45, 7) is 8.95. The lowest BCUT2D eigenvalue weighted by atomic mass is 9.87. The summed E-state index contributed by atoms with van der Waals surface area (Å²) in [4.78, 5) is 25.8. The highest BCUT2D eigenvalue weighted by Crippen LogP contribution is 2.23. The molecule has 1 saturated heterocycles. The zero-order chi connectivity index (χ0) is 17.6. The Morgan fingerprint density at radius 1 is 1.12 bits per heavy atom. The molecule has 2 amide bonds. The summed E-state index contributed by atoms with van der Waals surface area (Å²) in [6.07, 6.45) is 0. The van der Waals surface area contributed by atoms with Gasteiger partial charge in [-0.2, -0.15) is 0 Å². The molecule has 1 aliphatic rings. The number of carbonyl (C=O) groups is 2. The minimum Gasteiger partial charge on any atom is -0.378 e. The molecule has 0 unspecified atom stereocenters. The number of amides is 2. The van der Waals surface area contributed by atoms with Crippen LogP contribution in [0.3, 0.4) is 0 Å². The summed E-state index contributed by atoms with van der Waals surface area (Å²) in [7, 11) is 0. The summed E-state index contributed by atoms with van der Waals surface area (Å²) < 4.78 is 5.22. The van der Waals surface area contributed by atoms with Crippen molar-refractivity contribution in [1.29, 1.82) is 0 Å². The average Bonchev–Trinajstić information content (AvgIpc) is 2.55. The van der Waals surface area contributed by atoms with Crippen molar-refractivity contribution in [3.63, 3.8) is 0 Å². The van der Waals surface area contributed by atoms with E-state index in [4.69, 9.17) is 4.74 Å². The number of hydrogen-bond donors (Lipinski definition) is 1. The molecule has 0 saturated carbocycles. The molecular weight excluding hydrogens is 324 g/mol. The minimum absolute atomic E-state index is 0.0747. The van der Waals surface area contributed by atoms with Gasteiger partial charge in [0.15, 0.2) is 0 Å². The first-order valence-electron chi connectivity index (χ1n) is 8.20. The number of rotatable bonds is 5. The van der Waals surface area contributed by atoms with Gasteiger partial charge in [0.1, 0.15) is 0 Å². The number of thioether (sulfide) groups is 1. The van der Waals surface area contributed by atoms with Crippen LogP contribution in [0.25, 0.3) is 0 Å². The second-order valence-electron chi connectivity index (χ2n) is 6.86. The van der Waals surface area contributed by atoms with Crippen molar-refractivity contribution >= 4 is 29.3 Å². The van der Waals surface area contributed by atoms with Gasteiger partial charge in [0.2, 0.25) is 11.8 Å². The Kier molecular flexibility index (Phi) is 6.69. The summed E-state index contributed by atoms with van der Waals surface area (Å²) in [5.41, 5.74) is 2.11. The first-order valence-corrected chi connectivity index (χ1v) is 9.35. The van der Waals surface area contributed by atoms with Gasteiger partial charge < -0.3 is 15.0 Å². The van der Waals surface area contributed by atoms with Crippen LogP contribution in [-0.2, 0) is 19.7 Å². The number of nitrogens with one attached hydrogen (secondary N) is 1. The topological polar surface area (TPSA) is 58.6 Å². The molecule has 1 aromatic rings. The summed E-state index contributed by atoms with van der Waals surface area (Å²) in [5.74, 6) is 0.594. The van der Waals surface area contributed by atoms with Crippen LogP contribution in [0, 0.1) is 0 Å². The first kappa shape index (κ1) is 18.8. The van der Waals surface area contributed by atoms with E-state index in [2.05, 4.69) is 26.1 Å². The molecule has 6 heteroatoms. The fourth-order valence-electron chi connectivity index (χ4n) is 2.39. The highest BCUT2D eigenvalue weighted by Gasteiger charge is 2.17. The molecule has 132 valence electrons.